The van der Waals surface area contributed by atoms with E-state index in [2.05, 4.69) is 52.1 Å². The molecule has 0 fully saturated rings. The maximum absolute atomic E-state index is 12.1. The Kier molecular flexibility index (Phi) is 6.49. The SMILES string of the molecule is CC(C)(C)CC(C)(C)c1ccc(OCC(=O)Nc2ccc(C(N)=O)cc2)cc1. The lowest BCUT2D eigenvalue weighted by Gasteiger charge is -2.33. The third-order valence-corrected chi connectivity index (χ3v) is 4.43. The molecule has 2 rings (SSSR count). The fourth-order valence-corrected chi connectivity index (χ4v) is 3.49. The number of carbonyl (C=O) groups excluding carboxylic acids is 2. The van der Waals surface area contributed by atoms with Gasteiger partial charge in [0.15, 0.2) is 6.61 Å². The summed E-state index contributed by atoms with van der Waals surface area (Å²) in [6.07, 6.45) is 1.07. The van der Waals surface area contributed by atoms with Crippen LogP contribution in [-0.4, -0.2) is 18.4 Å². The van der Waals surface area contributed by atoms with Crippen LogP contribution in [0.3, 0.4) is 0 Å². The van der Waals surface area contributed by atoms with Crippen LogP contribution in [0.25, 0.3) is 0 Å². The molecular weight excluding hydrogens is 352 g/mol. The fourth-order valence-electron chi connectivity index (χ4n) is 3.49. The number of carbonyl (C=O) groups is 2. The Morgan fingerprint density at radius 2 is 1.50 bits per heavy atom. The molecule has 0 aliphatic carbocycles. The summed E-state index contributed by atoms with van der Waals surface area (Å²) < 4.78 is 5.58. The van der Waals surface area contributed by atoms with E-state index in [-0.39, 0.29) is 23.3 Å². The van der Waals surface area contributed by atoms with Gasteiger partial charge in [-0.3, -0.25) is 9.59 Å². The molecular formula is C23H30N2O3. The highest BCUT2D eigenvalue weighted by molar-refractivity contribution is 5.95. The Morgan fingerprint density at radius 3 is 2.00 bits per heavy atom. The van der Waals surface area contributed by atoms with Crippen molar-refractivity contribution in [2.45, 2.75) is 46.5 Å². The number of anilines is 1. The van der Waals surface area contributed by atoms with Gasteiger partial charge < -0.3 is 15.8 Å². The fraction of sp³-hybridized carbons (Fsp3) is 0.391. The molecule has 5 heteroatoms. The minimum atomic E-state index is -0.504. The van der Waals surface area contributed by atoms with Crippen LogP contribution in [-0.2, 0) is 10.2 Å². The minimum Gasteiger partial charge on any atom is -0.484 e. The number of nitrogens with one attached hydrogen (secondary N) is 1. The number of amides is 2. The van der Waals surface area contributed by atoms with E-state index in [0.717, 1.165) is 6.42 Å². The van der Waals surface area contributed by atoms with Crippen LogP contribution >= 0.6 is 0 Å². The molecule has 0 heterocycles. The van der Waals surface area contributed by atoms with E-state index >= 15 is 0 Å². The van der Waals surface area contributed by atoms with Gasteiger partial charge in [-0.25, -0.2) is 0 Å². The highest BCUT2D eigenvalue weighted by atomic mass is 16.5. The largest absolute Gasteiger partial charge is 0.484 e. The highest BCUT2D eigenvalue weighted by Crippen LogP contribution is 2.36. The van der Waals surface area contributed by atoms with E-state index in [1.54, 1.807) is 24.3 Å². The minimum absolute atomic E-state index is 0.0607. The van der Waals surface area contributed by atoms with Crippen molar-refractivity contribution in [1.82, 2.24) is 0 Å². The first-order valence-electron chi connectivity index (χ1n) is 9.39. The molecule has 3 N–H and O–H groups in total. The smallest absolute Gasteiger partial charge is 0.262 e. The Morgan fingerprint density at radius 1 is 0.929 bits per heavy atom. The second-order valence-electron chi connectivity index (χ2n) is 8.92. The molecule has 0 unspecified atom stereocenters. The maximum Gasteiger partial charge on any atom is 0.262 e. The van der Waals surface area contributed by atoms with Crippen LogP contribution in [0.5, 0.6) is 5.75 Å². The molecule has 0 bridgehead atoms. The zero-order valence-electron chi connectivity index (χ0n) is 17.3. The first kappa shape index (κ1) is 21.5. The van der Waals surface area contributed by atoms with E-state index < -0.39 is 5.91 Å². The van der Waals surface area contributed by atoms with Gasteiger partial charge >= 0.3 is 0 Å². The van der Waals surface area contributed by atoms with Crippen molar-refractivity contribution in [2.75, 3.05) is 11.9 Å². The summed E-state index contributed by atoms with van der Waals surface area (Å²) in [4.78, 5) is 23.1. The Balaban J connectivity index is 1.90. The van der Waals surface area contributed by atoms with Crippen LogP contribution < -0.4 is 15.8 Å². The molecule has 0 saturated carbocycles. The predicted octanol–water partition coefficient (Wildman–Crippen LogP) is 4.52. The van der Waals surface area contributed by atoms with Gasteiger partial charge in [0, 0.05) is 11.3 Å². The quantitative estimate of drug-likeness (QED) is 0.739. The molecule has 0 atom stereocenters. The second-order valence-corrected chi connectivity index (χ2v) is 8.92. The number of hydrogen-bond donors (Lipinski definition) is 2. The number of nitrogens with two attached hydrogens (primary N) is 1. The zero-order valence-corrected chi connectivity index (χ0v) is 17.3. The average molecular weight is 383 g/mol. The molecule has 2 aromatic carbocycles. The number of primary amides is 1. The normalized spacial score (nSPS) is 11.8. The van der Waals surface area contributed by atoms with E-state index in [4.69, 9.17) is 10.5 Å². The number of hydrogen-bond acceptors (Lipinski definition) is 3. The monoisotopic (exact) mass is 382 g/mol. The molecule has 0 aliphatic rings. The van der Waals surface area contributed by atoms with Gasteiger partial charge in [0.05, 0.1) is 0 Å². The lowest BCUT2D eigenvalue weighted by atomic mass is 9.72. The summed E-state index contributed by atoms with van der Waals surface area (Å²) in [6, 6.07) is 14.3. The summed E-state index contributed by atoms with van der Waals surface area (Å²) in [5.41, 5.74) is 7.72. The van der Waals surface area contributed by atoms with E-state index in [1.807, 2.05) is 12.1 Å². The third kappa shape index (κ3) is 6.41. The molecule has 28 heavy (non-hydrogen) atoms. The van der Waals surface area contributed by atoms with Crippen LogP contribution in [0.2, 0.25) is 0 Å². The van der Waals surface area contributed by atoms with Gasteiger partial charge in [-0.1, -0.05) is 46.8 Å². The Bertz CT molecular complexity index is 816. The molecule has 0 saturated heterocycles. The zero-order chi connectivity index (χ0) is 20.9. The molecule has 5 nitrogen and oxygen atoms in total. The van der Waals surface area contributed by atoms with Crippen molar-refractivity contribution in [1.29, 1.82) is 0 Å². The first-order valence-corrected chi connectivity index (χ1v) is 9.39. The van der Waals surface area contributed by atoms with Crippen molar-refractivity contribution in [2.24, 2.45) is 11.1 Å². The molecule has 2 amide bonds. The van der Waals surface area contributed by atoms with Gasteiger partial charge in [0.2, 0.25) is 5.91 Å². The summed E-state index contributed by atoms with van der Waals surface area (Å²) in [5, 5.41) is 2.72. The average Bonchev–Trinajstić information content (AvgIpc) is 2.59. The lowest BCUT2D eigenvalue weighted by molar-refractivity contribution is -0.118. The number of rotatable bonds is 7. The van der Waals surface area contributed by atoms with Crippen LogP contribution in [0.4, 0.5) is 5.69 Å². The first-order chi connectivity index (χ1) is 13.0. The topological polar surface area (TPSA) is 81.4 Å². The van der Waals surface area contributed by atoms with E-state index in [0.29, 0.717) is 17.0 Å². The van der Waals surface area contributed by atoms with Gasteiger partial charge in [-0.15, -0.1) is 0 Å². The lowest BCUT2D eigenvalue weighted by Crippen LogP contribution is -2.24. The van der Waals surface area contributed by atoms with E-state index in [1.165, 1.54) is 5.56 Å². The van der Waals surface area contributed by atoms with Crippen molar-refractivity contribution in [3.8, 4) is 5.75 Å². The van der Waals surface area contributed by atoms with E-state index in [9.17, 15) is 9.59 Å². The summed E-state index contributed by atoms with van der Waals surface area (Å²) >= 11 is 0. The number of ether oxygens (including phenoxy) is 1. The van der Waals surface area contributed by atoms with Crippen LogP contribution in [0.15, 0.2) is 48.5 Å². The Labute approximate surface area is 167 Å². The molecule has 0 aliphatic heterocycles. The Hall–Kier alpha value is -2.82. The molecule has 2 aromatic rings. The van der Waals surface area contributed by atoms with Crippen LogP contribution in [0, 0.1) is 5.41 Å². The predicted molar refractivity (Wildman–Crippen MR) is 113 cm³/mol. The number of benzene rings is 2. The van der Waals surface area contributed by atoms with Gasteiger partial charge in [-0.2, -0.15) is 0 Å². The second kappa shape index (κ2) is 8.46. The molecule has 150 valence electrons. The summed E-state index contributed by atoms with van der Waals surface area (Å²) in [6.45, 7) is 11.1. The van der Waals surface area contributed by atoms with Crippen LogP contribution in [0.1, 0.15) is 57.0 Å². The third-order valence-electron chi connectivity index (χ3n) is 4.43. The summed E-state index contributed by atoms with van der Waals surface area (Å²) in [5.74, 6) is -0.131. The van der Waals surface area contributed by atoms with Gasteiger partial charge in [0.1, 0.15) is 5.75 Å². The standard InChI is InChI=1S/C23H30N2O3/c1-22(2,3)15-23(4,5)17-8-12-19(13-9-17)28-14-20(26)25-18-10-6-16(7-11-18)21(24)27/h6-13H,14-15H2,1-5H3,(H2,24,27)(H,25,26). The van der Waals surface area contributed by atoms with Crippen molar-refractivity contribution in [3.63, 3.8) is 0 Å². The van der Waals surface area contributed by atoms with Crippen molar-refractivity contribution < 1.29 is 14.3 Å². The summed E-state index contributed by atoms with van der Waals surface area (Å²) in [7, 11) is 0. The molecule has 0 spiro atoms. The molecule has 0 aromatic heterocycles. The maximum atomic E-state index is 12.1. The highest BCUT2D eigenvalue weighted by Gasteiger charge is 2.27. The molecule has 0 radical (unpaired) electrons. The van der Waals surface area contributed by atoms with Gasteiger partial charge in [-0.05, 0) is 59.2 Å². The van der Waals surface area contributed by atoms with Gasteiger partial charge in [0.25, 0.3) is 5.91 Å². The van der Waals surface area contributed by atoms with Crippen molar-refractivity contribution >= 4 is 17.5 Å². The van der Waals surface area contributed by atoms with Crippen molar-refractivity contribution in [3.05, 3.63) is 59.7 Å².